The van der Waals surface area contributed by atoms with Crippen molar-refractivity contribution in [3.63, 3.8) is 0 Å². The van der Waals surface area contributed by atoms with Crippen LogP contribution < -0.4 is 9.47 Å². The van der Waals surface area contributed by atoms with Crippen LogP contribution >= 0.6 is 0 Å². The molecule has 4 aromatic carbocycles. The van der Waals surface area contributed by atoms with Gasteiger partial charge >= 0.3 is 0 Å². The molecule has 0 aliphatic carbocycles. The third kappa shape index (κ3) is 5.89. The molecule has 0 aliphatic rings. The molecule has 0 bridgehead atoms. The van der Waals surface area contributed by atoms with E-state index in [1.54, 1.807) is 49.4 Å². The van der Waals surface area contributed by atoms with E-state index in [0.717, 1.165) is 0 Å². The summed E-state index contributed by atoms with van der Waals surface area (Å²) in [6, 6.07) is 18.4. The molecule has 0 heterocycles. The van der Waals surface area contributed by atoms with Crippen molar-refractivity contribution in [3.05, 3.63) is 120 Å². The maximum atomic E-state index is 14.8. The lowest BCUT2D eigenvalue weighted by Gasteiger charge is -2.12. The molecular formula is C31H26F4O3. The van der Waals surface area contributed by atoms with Gasteiger partial charge in [0, 0.05) is 16.7 Å². The molecule has 4 rings (SSSR count). The zero-order valence-corrected chi connectivity index (χ0v) is 20.7. The Kier molecular flexibility index (Phi) is 8.48. The zero-order chi connectivity index (χ0) is 27.2. The highest BCUT2D eigenvalue weighted by molar-refractivity contribution is 5.66. The van der Waals surface area contributed by atoms with Crippen LogP contribution in [0, 0.1) is 23.3 Å². The number of rotatable bonds is 10. The Bertz CT molecular complexity index is 1410. The van der Waals surface area contributed by atoms with Gasteiger partial charge in [0.05, 0.1) is 12.7 Å². The topological polar surface area (TPSA) is 38.7 Å². The van der Waals surface area contributed by atoms with Gasteiger partial charge in [-0.05, 0) is 54.3 Å². The van der Waals surface area contributed by atoms with Crippen LogP contribution in [0.25, 0.3) is 22.3 Å². The highest BCUT2D eigenvalue weighted by Gasteiger charge is 2.17. The minimum atomic E-state index is -1.08. The summed E-state index contributed by atoms with van der Waals surface area (Å²) in [6.07, 6.45) is 1.46. The third-order valence-corrected chi connectivity index (χ3v) is 6.05. The molecule has 0 saturated heterocycles. The maximum absolute atomic E-state index is 14.8. The van der Waals surface area contributed by atoms with Crippen LogP contribution in [0.15, 0.2) is 85.5 Å². The van der Waals surface area contributed by atoms with E-state index in [1.165, 1.54) is 36.4 Å². The van der Waals surface area contributed by atoms with Crippen molar-refractivity contribution in [3.8, 4) is 33.8 Å². The van der Waals surface area contributed by atoms with Crippen LogP contribution in [0.5, 0.6) is 11.5 Å². The molecule has 0 fully saturated rings. The van der Waals surface area contributed by atoms with E-state index in [4.69, 9.17) is 9.47 Å². The van der Waals surface area contributed by atoms with Gasteiger partial charge in [-0.25, -0.2) is 13.2 Å². The van der Waals surface area contributed by atoms with Crippen LogP contribution in [-0.4, -0.2) is 11.7 Å². The first-order valence-corrected chi connectivity index (χ1v) is 12.0. The lowest BCUT2D eigenvalue weighted by atomic mass is 10.00. The largest absolute Gasteiger partial charge is 0.490 e. The van der Waals surface area contributed by atoms with E-state index in [9.17, 15) is 22.7 Å². The predicted octanol–water partition coefficient (Wildman–Crippen LogP) is 8.16. The molecule has 0 radical (unpaired) electrons. The standard InChI is InChI=1S/C31H26F4O3/c1-3-4-17-37-27-16-15-26(30(34)31(27)35)22-9-12-24(13-10-22)38-18-23-11-14-25(29(33)28(23)32)21-7-5-20(6-8-21)19(2)36/h3,5-16,19,36H,1,4,17-18H2,2H3. The minimum Gasteiger partial charge on any atom is -0.490 e. The van der Waals surface area contributed by atoms with Gasteiger partial charge in [-0.3, -0.25) is 0 Å². The Hall–Kier alpha value is -4.10. The van der Waals surface area contributed by atoms with E-state index in [1.807, 2.05) is 0 Å². The Morgan fingerprint density at radius 2 is 1.32 bits per heavy atom. The van der Waals surface area contributed by atoms with Gasteiger partial charge in [0.1, 0.15) is 12.4 Å². The van der Waals surface area contributed by atoms with Crippen molar-refractivity contribution in [2.24, 2.45) is 0 Å². The van der Waals surface area contributed by atoms with Gasteiger partial charge in [-0.2, -0.15) is 4.39 Å². The number of hydrogen-bond donors (Lipinski definition) is 1. The first-order valence-electron chi connectivity index (χ1n) is 12.0. The van der Waals surface area contributed by atoms with Crippen LogP contribution in [0.3, 0.4) is 0 Å². The summed E-state index contributed by atoms with van der Waals surface area (Å²) in [5.74, 6) is -3.96. The summed E-state index contributed by atoms with van der Waals surface area (Å²) in [5, 5.41) is 9.63. The van der Waals surface area contributed by atoms with Crippen LogP contribution in [-0.2, 0) is 6.61 Å². The monoisotopic (exact) mass is 522 g/mol. The van der Waals surface area contributed by atoms with Crippen molar-refractivity contribution < 1.29 is 32.1 Å². The molecule has 0 spiro atoms. The average molecular weight is 523 g/mol. The van der Waals surface area contributed by atoms with Gasteiger partial charge in [0.25, 0.3) is 0 Å². The first kappa shape index (κ1) is 26.9. The Morgan fingerprint density at radius 1 is 0.737 bits per heavy atom. The number of ether oxygens (including phenoxy) is 2. The number of halogens is 4. The number of aliphatic hydroxyl groups excluding tert-OH is 1. The van der Waals surface area contributed by atoms with E-state index >= 15 is 0 Å². The fourth-order valence-electron chi connectivity index (χ4n) is 3.88. The Morgan fingerprint density at radius 3 is 1.92 bits per heavy atom. The minimum absolute atomic E-state index is 0.0242. The molecule has 0 amide bonds. The summed E-state index contributed by atoms with van der Waals surface area (Å²) in [5.41, 5.74) is 1.73. The fourth-order valence-corrected chi connectivity index (χ4v) is 3.88. The highest BCUT2D eigenvalue weighted by Crippen LogP contribution is 2.32. The van der Waals surface area contributed by atoms with E-state index in [-0.39, 0.29) is 35.7 Å². The van der Waals surface area contributed by atoms with Crippen LogP contribution in [0.2, 0.25) is 0 Å². The average Bonchev–Trinajstić information content (AvgIpc) is 2.92. The van der Waals surface area contributed by atoms with Crippen molar-refractivity contribution in [2.45, 2.75) is 26.1 Å². The number of benzene rings is 4. The van der Waals surface area contributed by atoms with E-state index < -0.39 is 29.4 Å². The second kappa shape index (κ2) is 12.0. The van der Waals surface area contributed by atoms with Crippen LogP contribution in [0.1, 0.15) is 30.6 Å². The molecule has 1 unspecified atom stereocenters. The molecule has 196 valence electrons. The SMILES string of the molecule is C=CCCOc1ccc(-c2ccc(OCc3ccc(-c4ccc(C(C)O)cc4)c(F)c3F)cc2)c(F)c1F. The summed E-state index contributed by atoms with van der Waals surface area (Å²) >= 11 is 0. The number of aliphatic hydroxyl groups is 1. The molecule has 0 saturated carbocycles. The molecule has 0 aliphatic heterocycles. The van der Waals surface area contributed by atoms with Crippen molar-refractivity contribution in [1.82, 2.24) is 0 Å². The zero-order valence-electron chi connectivity index (χ0n) is 20.7. The van der Waals surface area contributed by atoms with E-state index in [0.29, 0.717) is 28.9 Å². The molecule has 1 atom stereocenters. The van der Waals surface area contributed by atoms with Crippen molar-refractivity contribution in [1.29, 1.82) is 0 Å². The second-order valence-electron chi connectivity index (χ2n) is 8.68. The molecule has 38 heavy (non-hydrogen) atoms. The van der Waals surface area contributed by atoms with Gasteiger partial charge in [-0.15, -0.1) is 6.58 Å². The molecule has 7 heteroatoms. The van der Waals surface area contributed by atoms with E-state index in [2.05, 4.69) is 6.58 Å². The summed E-state index contributed by atoms with van der Waals surface area (Å²) in [6.45, 7) is 5.13. The molecular weight excluding hydrogens is 496 g/mol. The quantitative estimate of drug-likeness (QED) is 0.130. The number of hydrogen-bond acceptors (Lipinski definition) is 3. The lowest BCUT2D eigenvalue weighted by Crippen LogP contribution is -2.02. The summed E-state index contributed by atoms with van der Waals surface area (Å²) in [7, 11) is 0. The maximum Gasteiger partial charge on any atom is 0.201 e. The van der Waals surface area contributed by atoms with Gasteiger partial charge in [-0.1, -0.05) is 54.6 Å². The Labute approximate surface area is 218 Å². The first-order chi connectivity index (χ1) is 18.3. The summed E-state index contributed by atoms with van der Waals surface area (Å²) < 4.78 is 69.4. The smallest absolute Gasteiger partial charge is 0.201 e. The summed E-state index contributed by atoms with van der Waals surface area (Å²) in [4.78, 5) is 0. The van der Waals surface area contributed by atoms with Crippen LogP contribution in [0.4, 0.5) is 17.6 Å². The van der Waals surface area contributed by atoms with Gasteiger partial charge in [0.2, 0.25) is 5.82 Å². The fraction of sp³-hybridized carbons (Fsp3) is 0.161. The van der Waals surface area contributed by atoms with Crippen molar-refractivity contribution >= 4 is 0 Å². The molecule has 3 nitrogen and oxygen atoms in total. The normalized spacial score (nSPS) is 11.7. The van der Waals surface area contributed by atoms with Crippen molar-refractivity contribution in [2.75, 3.05) is 6.61 Å². The second-order valence-corrected chi connectivity index (χ2v) is 8.68. The molecule has 4 aromatic rings. The predicted molar refractivity (Wildman–Crippen MR) is 139 cm³/mol. The van der Waals surface area contributed by atoms with Gasteiger partial charge < -0.3 is 14.6 Å². The molecule has 1 N–H and O–H groups in total. The lowest BCUT2D eigenvalue weighted by molar-refractivity contribution is 0.199. The van der Waals surface area contributed by atoms with Gasteiger partial charge in [0.15, 0.2) is 23.2 Å². The third-order valence-electron chi connectivity index (χ3n) is 6.05. The highest BCUT2D eigenvalue weighted by atomic mass is 19.2. The molecule has 0 aromatic heterocycles. The Balaban J connectivity index is 1.44.